The summed E-state index contributed by atoms with van der Waals surface area (Å²) in [6.07, 6.45) is -0.0501. The summed E-state index contributed by atoms with van der Waals surface area (Å²) in [5.74, 6) is -0.363. The lowest BCUT2D eigenvalue weighted by molar-refractivity contribution is -0.116. The molecule has 0 saturated carbocycles. The summed E-state index contributed by atoms with van der Waals surface area (Å²) in [6, 6.07) is 11.4. The van der Waals surface area contributed by atoms with E-state index in [1.54, 1.807) is 42.5 Å². The lowest BCUT2D eigenvalue weighted by Gasteiger charge is -2.08. The van der Waals surface area contributed by atoms with Crippen molar-refractivity contribution in [3.05, 3.63) is 73.3 Å². The summed E-state index contributed by atoms with van der Waals surface area (Å²) in [5.41, 5.74) is -0.0747. The number of H-pyrrole nitrogens is 1. The van der Waals surface area contributed by atoms with Gasteiger partial charge in [-0.1, -0.05) is 35.3 Å². The van der Waals surface area contributed by atoms with Gasteiger partial charge in [-0.2, -0.15) is 0 Å². The molecule has 25 heavy (non-hydrogen) atoms. The lowest BCUT2D eigenvalue weighted by Crippen LogP contribution is -2.36. The van der Waals surface area contributed by atoms with Gasteiger partial charge in [-0.15, -0.1) is 0 Å². The molecule has 6 nitrogen and oxygen atoms in total. The van der Waals surface area contributed by atoms with Crippen molar-refractivity contribution < 1.29 is 4.79 Å². The maximum absolute atomic E-state index is 12.4. The highest BCUT2D eigenvalue weighted by Gasteiger charge is 2.10. The highest BCUT2D eigenvalue weighted by Crippen LogP contribution is 2.22. The first kappa shape index (κ1) is 17.3. The van der Waals surface area contributed by atoms with E-state index in [1.165, 1.54) is 0 Å². The minimum Gasteiger partial charge on any atom is -0.326 e. The fourth-order valence-electron chi connectivity index (χ4n) is 2.46. The first-order valence-corrected chi connectivity index (χ1v) is 8.17. The van der Waals surface area contributed by atoms with Crippen molar-refractivity contribution in [2.75, 3.05) is 5.32 Å². The molecule has 1 heterocycles. The van der Waals surface area contributed by atoms with Crippen LogP contribution >= 0.6 is 23.2 Å². The summed E-state index contributed by atoms with van der Waals surface area (Å²) in [7, 11) is 0. The Morgan fingerprint density at radius 2 is 1.76 bits per heavy atom. The van der Waals surface area contributed by atoms with Crippen molar-refractivity contribution in [1.29, 1.82) is 0 Å². The smallest absolute Gasteiger partial charge is 0.326 e. The Kier molecular flexibility index (Phi) is 4.92. The average Bonchev–Trinajstić information content (AvgIpc) is 2.53. The van der Waals surface area contributed by atoms with Crippen LogP contribution in [0, 0.1) is 0 Å². The first-order valence-electron chi connectivity index (χ1n) is 7.42. The van der Waals surface area contributed by atoms with Crippen LogP contribution in [0.25, 0.3) is 10.9 Å². The Bertz CT molecular complexity index is 1050. The van der Waals surface area contributed by atoms with E-state index in [9.17, 15) is 14.4 Å². The molecule has 0 atom stereocenters. The Labute approximate surface area is 152 Å². The highest BCUT2D eigenvalue weighted by atomic mass is 35.5. The monoisotopic (exact) mass is 377 g/mol. The van der Waals surface area contributed by atoms with Gasteiger partial charge in [-0.3, -0.25) is 14.2 Å². The largest absolute Gasteiger partial charge is 0.328 e. The van der Waals surface area contributed by atoms with Gasteiger partial charge in [0.15, 0.2) is 0 Å². The number of aromatic nitrogens is 2. The molecule has 0 fully saturated rings. The minimum absolute atomic E-state index is 0.0425. The van der Waals surface area contributed by atoms with Crippen LogP contribution in [0.2, 0.25) is 10.0 Å². The fourth-order valence-corrected chi connectivity index (χ4v) is 2.99. The number of aromatic amines is 1. The van der Waals surface area contributed by atoms with E-state index in [0.29, 0.717) is 26.6 Å². The number of fused-ring (bicyclic) bond motifs is 1. The second-order valence-corrected chi connectivity index (χ2v) is 6.26. The summed E-state index contributed by atoms with van der Waals surface area (Å²) in [6.45, 7) is -0.0425. The van der Waals surface area contributed by atoms with Gasteiger partial charge >= 0.3 is 5.69 Å². The van der Waals surface area contributed by atoms with Gasteiger partial charge in [0, 0.05) is 28.7 Å². The summed E-state index contributed by atoms with van der Waals surface area (Å²) in [5, 5.41) is 3.81. The third-order valence-electron chi connectivity index (χ3n) is 3.60. The molecule has 1 amide bonds. The highest BCUT2D eigenvalue weighted by molar-refractivity contribution is 6.35. The Morgan fingerprint density at radius 3 is 2.48 bits per heavy atom. The molecular weight excluding hydrogens is 365 g/mol. The summed E-state index contributed by atoms with van der Waals surface area (Å²) in [4.78, 5) is 39.1. The van der Waals surface area contributed by atoms with E-state index in [1.807, 2.05) is 0 Å². The summed E-state index contributed by atoms with van der Waals surface area (Å²) >= 11 is 11.8. The van der Waals surface area contributed by atoms with E-state index in [-0.39, 0.29) is 18.9 Å². The second-order valence-electron chi connectivity index (χ2n) is 5.39. The quantitative estimate of drug-likeness (QED) is 0.732. The van der Waals surface area contributed by atoms with Crippen LogP contribution in [0.5, 0.6) is 0 Å². The number of carbonyl (C=O) groups excluding carboxylic acids is 1. The third kappa shape index (κ3) is 3.92. The molecule has 0 radical (unpaired) electrons. The number of amides is 1. The Morgan fingerprint density at radius 1 is 1.08 bits per heavy atom. The van der Waals surface area contributed by atoms with Gasteiger partial charge in [0.1, 0.15) is 0 Å². The number of nitrogens with zero attached hydrogens (tertiary/aromatic N) is 1. The van der Waals surface area contributed by atoms with Crippen molar-refractivity contribution in [3.63, 3.8) is 0 Å². The molecule has 128 valence electrons. The van der Waals surface area contributed by atoms with E-state index in [4.69, 9.17) is 23.2 Å². The first-order chi connectivity index (χ1) is 11.9. The number of nitrogens with one attached hydrogen (secondary N) is 2. The zero-order valence-electron chi connectivity index (χ0n) is 12.9. The second kappa shape index (κ2) is 7.13. The number of hydrogen-bond acceptors (Lipinski definition) is 3. The normalized spacial score (nSPS) is 10.8. The number of para-hydroxylation sites is 1. The molecule has 0 bridgehead atoms. The van der Waals surface area contributed by atoms with Gasteiger partial charge < -0.3 is 10.3 Å². The van der Waals surface area contributed by atoms with Crippen LogP contribution in [0.4, 0.5) is 5.69 Å². The molecule has 0 spiro atoms. The average molecular weight is 378 g/mol. The zero-order valence-corrected chi connectivity index (χ0v) is 14.4. The standard InChI is InChI=1S/C17H13Cl2N3O3/c18-10-7-11(19)9-12(8-10)20-15(23)5-6-22-16(24)13-3-1-2-4-14(13)21-17(22)25/h1-4,7-9H,5-6H2,(H,20,23)(H,21,25). The molecule has 3 aromatic rings. The SMILES string of the molecule is O=C(CCn1c(=O)[nH]c2ccccc2c1=O)Nc1cc(Cl)cc(Cl)c1. The maximum Gasteiger partial charge on any atom is 0.328 e. The van der Waals surface area contributed by atoms with Gasteiger partial charge in [-0.25, -0.2) is 4.79 Å². The van der Waals surface area contributed by atoms with Crippen molar-refractivity contribution in [2.24, 2.45) is 0 Å². The van der Waals surface area contributed by atoms with Crippen LogP contribution in [-0.2, 0) is 11.3 Å². The number of halogens is 2. The van der Waals surface area contributed by atoms with E-state index < -0.39 is 11.2 Å². The molecule has 1 aromatic heterocycles. The zero-order chi connectivity index (χ0) is 18.0. The van der Waals surface area contributed by atoms with Gasteiger partial charge in [0.25, 0.3) is 5.56 Å². The molecule has 3 rings (SSSR count). The molecule has 0 saturated heterocycles. The molecule has 0 aliphatic rings. The molecule has 8 heteroatoms. The number of anilines is 1. The molecule has 2 N–H and O–H groups in total. The van der Waals surface area contributed by atoms with E-state index >= 15 is 0 Å². The molecular formula is C17H13Cl2N3O3. The van der Waals surface area contributed by atoms with Gasteiger partial charge in [-0.05, 0) is 30.3 Å². The number of carbonyl (C=O) groups is 1. The molecule has 0 unspecified atom stereocenters. The summed E-state index contributed by atoms with van der Waals surface area (Å²) < 4.78 is 1.01. The van der Waals surface area contributed by atoms with Crippen LogP contribution in [0.3, 0.4) is 0 Å². The van der Waals surface area contributed by atoms with Crippen LogP contribution in [0.15, 0.2) is 52.1 Å². The Hall–Kier alpha value is -2.57. The molecule has 0 aliphatic heterocycles. The number of rotatable bonds is 4. The van der Waals surface area contributed by atoms with Gasteiger partial charge in [0.2, 0.25) is 5.91 Å². The van der Waals surface area contributed by atoms with Crippen molar-refractivity contribution in [3.8, 4) is 0 Å². The van der Waals surface area contributed by atoms with Crippen LogP contribution in [-0.4, -0.2) is 15.5 Å². The molecule has 0 aliphatic carbocycles. The van der Waals surface area contributed by atoms with E-state index in [2.05, 4.69) is 10.3 Å². The fraction of sp³-hybridized carbons (Fsp3) is 0.118. The van der Waals surface area contributed by atoms with Crippen molar-refractivity contribution in [1.82, 2.24) is 9.55 Å². The predicted molar refractivity (Wildman–Crippen MR) is 98.5 cm³/mol. The minimum atomic E-state index is -0.553. The molecule has 2 aromatic carbocycles. The topological polar surface area (TPSA) is 84.0 Å². The number of benzene rings is 2. The third-order valence-corrected chi connectivity index (χ3v) is 4.03. The van der Waals surface area contributed by atoms with Crippen LogP contribution in [0.1, 0.15) is 6.42 Å². The lowest BCUT2D eigenvalue weighted by atomic mass is 10.2. The van der Waals surface area contributed by atoms with Crippen molar-refractivity contribution >= 4 is 45.7 Å². The number of hydrogen-bond donors (Lipinski definition) is 2. The van der Waals surface area contributed by atoms with E-state index in [0.717, 1.165) is 4.57 Å². The Balaban J connectivity index is 1.77. The van der Waals surface area contributed by atoms with Crippen LogP contribution < -0.4 is 16.6 Å². The van der Waals surface area contributed by atoms with Gasteiger partial charge in [0.05, 0.1) is 10.9 Å². The maximum atomic E-state index is 12.4. The predicted octanol–water partition coefficient (Wildman–Crippen LogP) is 3.03. The van der Waals surface area contributed by atoms with Crippen molar-refractivity contribution in [2.45, 2.75) is 13.0 Å².